The molecule has 8 heteroatoms. The zero-order valence-corrected chi connectivity index (χ0v) is 24.4. The van der Waals surface area contributed by atoms with Crippen LogP contribution in [-0.4, -0.2) is 66.1 Å². The van der Waals surface area contributed by atoms with Crippen LogP contribution in [0.25, 0.3) is 0 Å². The van der Waals surface area contributed by atoms with Gasteiger partial charge in [0.05, 0.1) is 5.60 Å². The molecule has 0 bridgehead atoms. The van der Waals surface area contributed by atoms with E-state index in [1.165, 1.54) is 19.3 Å². The molecule has 0 aromatic rings. The van der Waals surface area contributed by atoms with Gasteiger partial charge in [0.1, 0.15) is 6.10 Å². The van der Waals surface area contributed by atoms with Gasteiger partial charge in [-0.2, -0.15) is 0 Å². The zero-order valence-electron chi connectivity index (χ0n) is 24.4. The van der Waals surface area contributed by atoms with Gasteiger partial charge in [-0.05, 0) is 103 Å². The summed E-state index contributed by atoms with van der Waals surface area (Å²) in [7, 11) is 0. The van der Waals surface area contributed by atoms with Gasteiger partial charge in [0, 0.05) is 19.8 Å². The molecular weight excluding hydrogens is 500 g/mol. The number of aliphatic carboxylic acids is 1. The van der Waals surface area contributed by atoms with Crippen LogP contribution < -0.4 is 0 Å². The third-order valence-electron chi connectivity index (χ3n) is 8.01. The maximum Gasteiger partial charge on any atom is 0.367 e. The first-order valence-corrected chi connectivity index (χ1v) is 15.2. The molecule has 3 fully saturated rings. The van der Waals surface area contributed by atoms with Crippen molar-refractivity contribution >= 4 is 5.97 Å². The van der Waals surface area contributed by atoms with Crippen LogP contribution >= 0.6 is 0 Å². The van der Waals surface area contributed by atoms with Crippen molar-refractivity contribution in [2.75, 3.05) is 19.8 Å². The average molecular weight is 553 g/mol. The summed E-state index contributed by atoms with van der Waals surface area (Å²) in [6.45, 7) is 8.23. The second-order valence-corrected chi connectivity index (χ2v) is 11.9. The minimum Gasteiger partial charge on any atom is -0.477 e. The Morgan fingerprint density at radius 2 is 1.69 bits per heavy atom. The molecule has 0 aromatic heterocycles. The molecule has 6 atom stereocenters. The standard InChI is InChI=1S/C31H52O8/c1-4-21-37-30(2,3)20-12-16-25-15-11-14-24(25)13-5-6-17-26(38-27-18-7-9-22-35-27)31(34,29(32)33)39-28-19-8-10-23-36-28/h5-6,12,16,24-28,34H,4,7-11,13-15,17-23H2,1-3H3,(H,32,33)/b6-5-,16-12+/t24-,25+,26?,27?,28?,31?/m0/s1. The van der Waals surface area contributed by atoms with Gasteiger partial charge >= 0.3 is 5.97 Å². The lowest BCUT2D eigenvalue weighted by Gasteiger charge is -2.37. The number of carboxylic acids is 1. The van der Waals surface area contributed by atoms with Crippen molar-refractivity contribution in [3.63, 3.8) is 0 Å². The van der Waals surface area contributed by atoms with E-state index in [9.17, 15) is 15.0 Å². The van der Waals surface area contributed by atoms with Crippen molar-refractivity contribution in [3.05, 3.63) is 24.3 Å². The van der Waals surface area contributed by atoms with Crippen molar-refractivity contribution in [3.8, 4) is 0 Å². The molecule has 3 rings (SSSR count). The van der Waals surface area contributed by atoms with Crippen molar-refractivity contribution in [2.24, 2.45) is 11.8 Å². The Labute approximate surface area is 235 Å². The van der Waals surface area contributed by atoms with Gasteiger partial charge in [0.15, 0.2) is 12.6 Å². The molecule has 0 amide bonds. The van der Waals surface area contributed by atoms with Gasteiger partial charge in [0.25, 0.3) is 5.79 Å². The maximum absolute atomic E-state index is 12.3. The summed E-state index contributed by atoms with van der Waals surface area (Å²) in [5.41, 5.74) is -0.150. The monoisotopic (exact) mass is 552 g/mol. The topological polar surface area (TPSA) is 104 Å². The fraction of sp³-hybridized carbons (Fsp3) is 0.839. The highest BCUT2D eigenvalue weighted by atomic mass is 16.8. The largest absolute Gasteiger partial charge is 0.477 e. The van der Waals surface area contributed by atoms with E-state index >= 15 is 0 Å². The molecule has 4 unspecified atom stereocenters. The minimum absolute atomic E-state index is 0.150. The Morgan fingerprint density at radius 3 is 2.33 bits per heavy atom. The number of rotatable bonds is 16. The average Bonchev–Trinajstić information content (AvgIpc) is 3.37. The van der Waals surface area contributed by atoms with Crippen LogP contribution in [0.15, 0.2) is 24.3 Å². The quantitative estimate of drug-likeness (QED) is 0.174. The lowest BCUT2D eigenvalue weighted by atomic mass is 9.91. The Balaban J connectivity index is 1.60. The van der Waals surface area contributed by atoms with E-state index in [1.807, 2.05) is 6.08 Å². The lowest BCUT2D eigenvalue weighted by molar-refractivity contribution is -0.341. The van der Waals surface area contributed by atoms with Crippen molar-refractivity contribution in [1.82, 2.24) is 0 Å². The van der Waals surface area contributed by atoms with Gasteiger partial charge in [0.2, 0.25) is 0 Å². The molecule has 8 nitrogen and oxygen atoms in total. The number of ether oxygens (including phenoxy) is 5. The van der Waals surface area contributed by atoms with Gasteiger partial charge in [-0.1, -0.05) is 37.6 Å². The number of allylic oxidation sites excluding steroid dienone is 2. The highest BCUT2D eigenvalue weighted by Gasteiger charge is 2.49. The van der Waals surface area contributed by atoms with E-state index in [2.05, 4.69) is 39.0 Å². The van der Waals surface area contributed by atoms with E-state index < -0.39 is 30.4 Å². The second-order valence-electron chi connectivity index (χ2n) is 11.9. The molecule has 2 heterocycles. The Morgan fingerprint density at radius 1 is 0.974 bits per heavy atom. The van der Waals surface area contributed by atoms with Crippen LogP contribution in [0.2, 0.25) is 0 Å². The first-order valence-electron chi connectivity index (χ1n) is 15.2. The second kappa shape index (κ2) is 16.2. The molecule has 3 aliphatic rings. The van der Waals surface area contributed by atoms with Crippen LogP contribution in [0, 0.1) is 11.8 Å². The van der Waals surface area contributed by atoms with Crippen LogP contribution in [0.1, 0.15) is 104 Å². The first-order chi connectivity index (χ1) is 18.7. The van der Waals surface area contributed by atoms with Crippen LogP contribution in [0.3, 0.4) is 0 Å². The van der Waals surface area contributed by atoms with E-state index in [1.54, 1.807) is 0 Å². The number of aliphatic hydroxyl groups is 1. The van der Waals surface area contributed by atoms with Gasteiger partial charge in [-0.3, -0.25) is 0 Å². The molecule has 2 saturated heterocycles. The third kappa shape index (κ3) is 10.6. The summed E-state index contributed by atoms with van der Waals surface area (Å²) in [4.78, 5) is 12.3. The summed E-state index contributed by atoms with van der Waals surface area (Å²) in [6.07, 6.45) is 17.6. The molecule has 224 valence electrons. The molecule has 2 aliphatic heterocycles. The predicted octanol–water partition coefficient (Wildman–Crippen LogP) is 6.12. The summed E-state index contributed by atoms with van der Waals surface area (Å²) in [6, 6.07) is 0. The van der Waals surface area contributed by atoms with E-state index in [4.69, 9.17) is 23.7 Å². The van der Waals surface area contributed by atoms with Crippen LogP contribution in [-0.2, 0) is 28.5 Å². The first kappa shape index (κ1) is 32.2. The lowest BCUT2D eigenvalue weighted by Crippen LogP contribution is -2.56. The minimum atomic E-state index is -2.53. The summed E-state index contributed by atoms with van der Waals surface area (Å²) in [5, 5.41) is 21.3. The highest BCUT2D eigenvalue weighted by Crippen LogP contribution is 2.36. The number of carboxylic acid groups (broad SMARTS) is 1. The zero-order chi connectivity index (χ0) is 28.1. The number of carbonyl (C=O) groups is 1. The van der Waals surface area contributed by atoms with Crippen LogP contribution in [0.5, 0.6) is 0 Å². The molecule has 1 saturated carbocycles. The fourth-order valence-electron chi connectivity index (χ4n) is 5.64. The van der Waals surface area contributed by atoms with Crippen molar-refractivity contribution in [1.29, 1.82) is 0 Å². The summed E-state index contributed by atoms with van der Waals surface area (Å²) >= 11 is 0. The number of hydrogen-bond acceptors (Lipinski definition) is 7. The fourth-order valence-corrected chi connectivity index (χ4v) is 5.64. The molecule has 2 N–H and O–H groups in total. The van der Waals surface area contributed by atoms with Crippen LogP contribution in [0.4, 0.5) is 0 Å². The van der Waals surface area contributed by atoms with Crippen molar-refractivity contribution < 1.29 is 38.7 Å². The van der Waals surface area contributed by atoms with Gasteiger partial charge < -0.3 is 33.9 Å². The summed E-state index contributed by atoms with van der Waals surface area (Å²) < 4.78 is 29.0. The number of hydrogen-bond donors (Lipinski definition) is 2. The van der Waals surface area contributed by atoms with Gasteiger partial charge in [-0.25, -0.2) is 4.79 Å². The third-order valence-corrected chi connectivity index (χ3v) is 8.01. The molecule has 0 aromatic carbocycles. The van der Waals surface area contributed by atoms with Crippen molar-refractivity contribution in [2.45, 2.75) is 134 Å². The van der Waals surface area contributed by atoms with E-state index in [-0.39, 0.29) is 12.0 Å². The smallest absolute Gasteiger partial charge is 0.367 e. The molecule has 0 spiro atoms. The summed E-state index contributed by atoms with van der Waals surface area (Å²) in [5.74, 6) is -2.93. The molecule has 1 aliphatic carbocycles. The SMILES string of the molecule is CCCOC(C)(C)C/C=C/[C@H]1CCC[C@@H]1C/C=C\CC(OC1CCCCO1)C(O)(OC1CCCCO1)C(=O)O. The highest BCUT2D eigenvalue weighted by molar-refractivity contribution is 5.76. The Hall–Kier alpha value is -1.29. The Kier molecular flexibility index (Phi) is 13.4. The maximum atomic E-state index is 12.3. The molecule has 0 radical (unpaired) electrons. The Bertz CT molecular complexity index is 769. The predicted molar refractivity (Wildman–Crippen MR) is 149 cm³/mol. The molecule has 39 heavy (non-hydrogen) atoms. The molecular formula is C31H52O8. The van der Waals surface area contributed by atoms with E-state index in [0.29, 0.717) is 37.9 Å². The van der Waals surface area contributed by atoms with E-state index in [0.717, 1.165) is 51.6 Å². The normalized spacial score (nSPS) is 29.1. The van der Waals surface area contributed by atoms with Gasteiger partial charge in [-0.15, -0.1) is 0 Å².